The maximum atomic E-state index is 12.1. The van der Waals surface area contributed by atoms with E-state index in [9.17, 15) is 9.59 Å². The lowest BCUT2D eigenvalue weighted by atomic mass is 9.98. The zero-order valence-electron chi connectivity index (χ0n) is 12.7. The number of carbonyl (C=O) groups is 2. The van der Waals surface area contributed by atoms with Gasteiger partial charge in [0.2, 0.25) is 5.91 Å². The van der Waals surface area contributed by atoms with E-state index < -0.39 is 0 Å². The summed E-state index contributed by atoms with van der Waals surface area (Å²) in [7, 11) is 0. The molecule has 1 fully saturated rings. The largest absolute Gasteiger partial charge is 0.445 e. The molecule has 0 spiro atoms. The minimum absolute atomic E-state index is 0.00441. The van der Waals surface area contributed by atoms with E-state index in [4.69, 9.17) is 10.5 Å². The molecule has 1 saturated heterocycles. The molecule has 2 amide bonds. The van der Waals surface area contributed by atoms with E-state index in [2.05, 4.69) is 5.32 Å². The third kappa shape index (κ3) is 5.04. The minimum Gasteiger partial charge on any atom is -0.445 e. The van der Waals surface area contributed by atoms with Gasteiger partial charge < -0.3 is 20.7 Å². The number of ether oxygens (including phenoxy) is 1. The van der Waals surface area contributed by atoms with E-state index in [0.717, 1.165) is 18.4 Å². The molecule has 0 aliphatic carbocycles. The highest BCUT2D eigenvalue weighted by Crippen LogP contribution is 2.17. The number of piperidine rings is 1. The second-order valence-electron chi connectivity index (χ2n) is 5.50. The summed E-state index contributed by atoms with van der Waals surface area (Å²) in [5, 5.41) is 2.78. The maximum Gasteiger partial charge on any atom is 0.410 e. The predicted octanol–water partition coefficient (Wildman–Crippen LogP) is 1.11. The number of benzene rings is 1. The summed E-state index contributed by atoms with van der Waals surface area (Å²) in [6.45, 7) is 2.15. The third-order valence-corrected chi connectivity index (χ3v) is 3.76. The van der Waals surface area contributed by atoms with Gasteiger partial charge in [-0.2, -0.15) is 0 Å². The van der Waals surface area contributed by atoms with Crippen LogP contribution in [0, 0.1) is 5.92 Å². The molecule has 1 aromatic carbocycles. The van der Waals surface area contributed by atoms with E-state index in [-0.39, 0.29) is 31.1 Å². The molecule has 22 heavy (non-hydrogen) atoms. The van der Waals surface area contributed by atoms with Gasteiger partial charge in [0.25, 0.3) is 0 Å². The normalized spacial score (nSPS) is 17.9. The Kier molecular flexibility index (Phi) is 6.21. The van der Waals surface area contributed by atoms with Crippen molar-refractivity contribution in [1.29, 1.82) is 0 Å². The molecule has 1 atom stereocenters. The van der Waals surface area contributed by atoms with Gasteiger partial charge in [0.1, 0.15) is 6.61 Å². The SMILES string of the molecule is NCC(=O)NC[C@@H]1CCCN(C(=O)OCc2ccccc2)C1. The van der Waals surface area contributed by atoms with Crippen LogP contribution in [0.5, 0.6) is 0 Å². The number of nitrogens with one attached hydrogen (secondary N) is 1. The molecular formula is C16H23N3O3. The predicted molar refractivity (Wildman–Crippen MR) is 83.0 cm³/mol. The van der Waals surface area contributed by atoms with Gasteiger partial charge in [0, 0.05) is 19.6 Å². The van der Waals surface area contributed by atoms with Gasteiger partial charge in [-0.1, -0.05) is 30.3 Å². The molecule has 0 bridgehead atoms. The standard InChI is InChI=1S/C16H23N3O3/c17-9-15(20)18-10-14-7-4-8-19(11-14)16(21)22-12-13-5-2-1-3-6-13/h1-3,5-6,14H,4,7-12,17H2,(H,18,20)/t14-/m0/s1. The third-order valence-electron chi connectivity index (χ3n) is 3.76. The van der Waals surface area contributed by atoms with E-state index in [1.54, 1.807) is 4.90 Å². The summed E-state index contributed by atoms with van der Waals surface area (Å²) < 4.78 is 5.34. The first kappa shape index (κ1) is 16.3. The van der Waals surface area contributed by atoms with Crippen molar-refractivity contribution in [3.8, 4) is 0 Å². The lowest BCUT2D eigenvalue weighted by Gasteiger charge is -2.32. The Morgan fingerprint density at radius 3 is 2.82 bits per heavy atom. The van der Waals surface area contributed by atoms with Crippen LogP contribution < -0.4 is 11.1 Å². The van der Waals surface area contributed by atoms with Crippen molar-refractivity contribution in [3.05, 3.63) is 35.9 Å². The highest BCUT2D eigenvalue weighted by molar-refractivity contribution is 5.77. The smallest absolute Gasteiger partial charge is 0.410 e. The Hall–Kier alpha value is -2.08. The van der Waals surface area contributed by atoms with E-state index >= 15 is 0 Å². The molecule has 3 N–H and O–H groups in total. The summed E-state index contributed by atoms with van der Waals surface area (Å²) in [5.74, 6) is 0.0947. The molecule has 0 aromatic heterocycles. The van der Waals surface area contributed by atoms with Gasteiger partial charge >= 0.3 is 6.09 Å². The molecule has 1 aromatic rings. The van der Waals surface area contributed by atoms with Crippen LogP contribution in [-0.4, -0.2) is 43.1 Å². The van der Waals surface area contributed by atoms with Crippen molar-refractivity contribution in [1.82, 2.24) is 10.2 Å². The number of amides is 2. The number of nitrogens with zero attached hydrogens (tertiary/aromatic N) is 1. The Bertz CT molecular complexity index is 493. The van der Waals surface area contributed by atoms with Crippen LogP contribution >= 0.6 is 0 Å². The number of rotatable bonds is 5. The van der Waals surface area contributed by atoms with E-state index in [0.29, 0.717) is 19.6 Å². The second kappa shape index (κ2) is 8.38. The lowest BCUT2D eigenvalue weighted by Crippen LogP contribution is -2.44. The van der Waals surface area contributed by atoms with Crippen molar-refractivity contribution in [2.24, 2.45) is 11.7 Å². The van der Waals surface area contributed by atoms with Crippen LogP contribution in [0.2, 0.25) is 0 Å². The Balaban J connectivity index is 1.76. The molecule has 0 radical (unpaired) electrons. The number of hydrogen-bond acceptors (Lipinski definition) is 4. The van der Waals surface area contributed by atoms with Crippen molar-refractivity contribution in [2.45, 2.75) is 19.4 Å². The number of hydrogen-bond donors (Lipinski definition) is 2. The van der Waals surface area contributed by atoms with Gasteiger partial charge in [-0.25, -0.2) is 4.79 Å². The molecular weight excluding hydrogens is 282 g/mol. The van der Waals surface area contributed by atoms with Crippen molar-refractivity contribution in [2.75, 3.05) is 26.2 Å². The highest BCUT2D eigenvalue weighted by Gasteiger charge is 2.24. The molecule has 1 aliphatic rings. The minimum atomic E-state index is -0.293. The summed E-state index contributed by atoms with van der Waals surface area (Å²) in [6.07, 6.45) is 1.62. The summed E-state index contributed by atoms with van der Waals surface area (Å²) >= 11 is 0. The molecule has 1 aliphatic heterocycles. The van der Waals surface area contributed by atoms with Gasteiger partial charge in [-0.3, -0.25) is 4.79 Å². The fourth-order valence-electron chi connectivity index (χ4n) is 2.54. The zero-order valence-corrected chi connectivity index (χ0v) is 12.7. The molecule has 2 rings (SSSR count). The van der Waals surface area contributed by atoms with Gasteiger partial charge in [-0.15, -0.1) is 0 Å². The van der Waals surface area contributed by atoms with Crippen LogP contribution in [0.25, 0.3) is 0 Å². The zero-order chi connectivity index (χ0) is 15.8. The van der Waals surface area contributed by atoms with Crippen molar-refractivity contribution < 1.29 is 14.3 Å². The van der Waals surface area contributed by atoms with Crippen LogP contribution in [0.15, 0.2) is 30.3 Å². The number of carbonyl (C=O) groups excluding carboxylic acids is 2. The van der Waals surface area contributed by atoms with Gasteiger partial charge in [-0.05, 0) is 24.3 Å². The monoisotopic (exact) mass is 305 g/mol. The highest BCUT2D eigenvalue weighted by atomic mass is 16.6. The fraction of sp³-hybridized carbons (Fsp3) is 0.500. The quantitative estimate of drug-likeness (QED) is 0.853. The van der Waals surface area contributed by atoms with Gasteiger partial charge in [0.15, 0.2) is 0 Å². The molecule has 6 heteroatoms. The van der Waals surface area contributed by atoms with E-state index in [1.807, 2.05) is 30.3 Å². The first-order valence-electron chi connectivity index (χ1n) is 7.61. The Labute approximate surface area is 130 Å². The van der Waals surface area contributed by atoms with Crippen LogP contribution in [0.3, 0.4) is 0 Å². The van der Waals surface area contributed by atoms with Crippen LogP contribution in [-0.2, 0) is 16.1 Å². The number of likely N-dealkylation sites (tertiary alicyclic amines) is 1. The summed E-state index contributed by atoms with van der Waals surface area (Å²) in [6, 6.07) is 9.61. The van der Waals surface area contributed by atoms with Crippen molar-refractivity contribution in [3.63, 3.8) is 0 Å². The maximum absolute atomic E-state index is 12.1. The molecule has 0 saturated carbocycles. The molecule has 6 nitrogen and oxygen atoms in total. The van der Waals surface area contributed by atoms with Crippen LogP contribution in [0.1, 0.15) is 18.4 Å². The molecule has 0 unspecified atom stereocenters. The average molecular weight is 305 g/mol. The van der Waals surface area contributed by atoms with Gasteiger partial charge in [0.05, 0.1) is 6.54 Å². The van der Waals surface area contributed by atoms with Crippen LogP contribution in [0.4, 0.5) is 4.79 Å². The summed E-state index contributed by atoms with van der Waals surface area (Å²) in [4.78, 5) is 25.0. The molecule has 1 heterocycles. The summed E-state index contributed by atoms with van der Waals surface area (Å²) in [5.41, 5.74) is 6.23. The number of nitrogens with two attached hydrogens (primary N) is 1. The second-order valence-corrected chi connectivity index (χ2v) is 5.50. The lowest BCUT2D eigenvalue weighted by molar-refractivity contribution is -0.119. The van der Waals surface area contributed by atoms with Crippen molar-refractivity contribution >= 4 is 12.0 Å². The topological polar surface area (TPSA) is 84.7 Å². The van der Waals surface area contributed by atoms with E-state index in [1.165, 1.54) is 0 Å². The Morgan fingerprint density at radius 2 is 2.09 bits per heavy atom. The first-order chi connectivity index (χ1) is 10.7. The molecule has 120 valence electrons. The fourth-order valence-corrected chi connectivity index (χ4v) is 2.54. The Morgan fingerprint density at radius 1 is 1.32 bits per heavy atom. The average Bonchev–Trinajstić information content (AvgIpc) is 2.58. The first-order valence-corrected chi connectivity index (χ1v) is 7.61.